The van der Waals surface area contributed by atoms with Gasteiger partial charge in [0.25, 0.3) is 0 Å². The van der Waals surface area contributed by atoms with Gasteiger partial charge in [0, 0.05) is 13.8 Å². The number of aliphatic hydroxyl groups excluding tert-OH is 12. The first-order valence-electron chi connectivity index (χ1n) is 16.1. The van der Waals surface area contributed by atoms with Gasteiger partial charge in [-0.05, 0) is 0 Å². The van der Waals surface area contributed by atoms with Gasteiger partial charge in [0.1, 0.15) is 97.5 Å². The third kappa shape index (κ3) is 9.29. The minimum atomic E-state index is -1.92. The van der Waals surface area contributed by atoms with E-state index in [4.69, 9.17) is 33.2 Å². The molecule has 296 valence electrons. The second-order valence-corrected chi connectivity index (χ2v) is 12.7. The maximum atomic E-state index is 12.1. The van der Waals surface area contributed by atoms with Crippen LogP contribution in [0, 0.1) is 0 Å². The summed E-state index contributed by atoms with van der Waals surface area (Å²) in [5, 5.41) is 129. The van der Waals surface area contributed by atoms with Crippen molar-refractivity contribution in [2.24, 2.45) is 0 Å². The molecule has 4 rings (SSSR count). The van der Waals surface area contributed by atoms with E-state index in [0.717, 1.165) is 13.8 Å². The maximum Gasteiger partial charge on any atom is 0.217 e. The van der Waals surface area contributed by atoms with E-state index in [0.29, 0.717) is 0 Å². The summed E-state index contributed by atoms with van der Waals surface area (Å²) < 4.78 is 39.0. The lowest BCUT2D eigenvalue weighted by Crippen LogP contribution is -2.69. The van der Waals surface area contributed by atoms with Gasteiger partial charge in [0.05, 0.1) is 26.4 Å². The Morgan fingerprint density at radius 1 is 0.510 bits per heavy atom. The number of rotatable bonds is 12. The van der Waals surface area contributed by atoms with E-state index < -0.39 is 161 Å². The molecule has 0 aromatic carbocycles. The van der Waals surface area contributed by atoms with Crippen LogP contribution in [0.2, 0.25) is 0 Å². The van der Waals surface area contributed by atoms with Crippen molar-refractivity contribution in [2.75, 3.05) is 26.4 Å². The monoisotopic (exact) mass is 748 g/mol. The van der Waals surface area contributed by atoms with Crippen LogP contribution in [0.5, 0.6) is 0 Å². The third-order valence-electron chi connectivity index (χ3n) is 8.99. The molecule has 0 saturated carbocycles. The SMILES string of the molecule is CC(=O)N[C@@H]1[C@@H](O[C@@H]2O[C@H](CO)[C@H](O)[C@H](O)[C@H]2O)[C@H](O)[C@@H](CO[C@@H]2O[C@H](CO)[C@@H](O[C@@H]3O[C@H](CO)[C@H](O)[C@H](O)[C@H]3O)[C@H](O)[C@H]2NC(C)=O)O[C@@H]1O. The fraction of sp³-hybridized carbons (Fsp3) is 0.929. The van der Waals surface area contributed by atoms with Crippen molar-refractivity contribution in [1.29, 1.82) is 0 Å². The van der Waals surface area contributed by atoms with Crippen molar-refractivity contribution in [1.82, 2.24) is 10.6 Å². The maximum absolute atomic E-state index is 12.1. The van der Waals surface area contributed by atoms with Crippen molar-refractivity contribution in [3.05, 3.63) is 0 Å². The Morgan fingerprint density at radius 3 is 1.43 bits per heavy atom. The summed E-state index contributed by atoms with van der Waals surface area (Å²) in [7, 11) is 0. The summed E-state index contributed by atoms with van der Waals surface area (Å²) >= 11 is 0. The van der Waals surface area contributed by atoms with Crippen molar-refractivity contribution in [2.45, 2.75) is 137 Å². The molecule has 0 radical (unpaired) electrons. The Kier molecular flexibility index (Phi) is 14.8. The van der Waals surface area contributed by atoms with Crippen LogP contribution < -0.4 is 10.6 Å². The van der Waals surface area contributed by atoms with Crippen molar-refractivity contribution in [3.8, 4) is 0 Å². The van der Waals surface area contributed by atoms with E-state index in [2.05, 4.69) is 10.6 Å². The van der Waals surface area contributed by atoms with Gasteiger partial charge in [-0.2, -0.15) is 0 Å². The van der Waals surface area contributed by atoms with Crippen LogP contribution in [0.3, 0.4) is 0 Å². The summed E-state index contributed by atoms with van der Waals surface area (Å²) in [6, 6.07) is -3.01. The fourth-order valence-electron chi connectivity index (χ4n) is 6.25. The molecule has 2 amide bonds. The lowest BCUT2D eigenvalue weighted by molar-refractivity contribution is -0.356. The molecular weight excluding hydrogens is 700 g/mol. The molecule has 23 heteroatoms. The molecule has 4 saturated heterocycles. The van der Waals surface area contributed by atoms with Crippen molar-refractivity contribution >= 4 is 11.8 Å². The summed E-state index contributed by atoms with van der Waals surface area (Å²) in [5.41, 5.74) is 0. The van der Waals surface area contributed by atoms with Crippen LogP contribution in [0.15, 0.2) is 0 Å². The molecule has 4 aliphatic rings. The molecule has 0 aromatic rings. The van der Waals surface area contributed by atoms with Gasteiger partial charge in [-0.25, -0.2) is 0 Å². The minimum absolute atomic E-state index is 0.703. The average molecular weight is 749 g/mol. The zero-order valence-corrected chi connectivity index (χ0v) is 27.4. The van der Waals surface area contributed by atoms with E-state index in [1.807, 2.05) is 0 Å². The fourth-order valence-corrected chi connectivity index (χ4v) is 6.25. The largest absolute Gasteiger partial charge is 0.394 e. The normalized spacial score (nSPS) is 47.8. The lowest BCUT2D eigenvalue weighted by Gasteiger charge is -2.48. The van der Waals surface area contributed by atoms with Crippen LogP contribution in [-0.4, -0.2) is 222 Å². The van der Waals surface area contributed by atoms with E-state index in [-0.39, 0.29) is 0 Å². The summed E-state index contributed by atoms with van der Waals surface area (Å²) in [5.74, 6) is -1.41. The quantitative estimate of drug-likeness (QED) is 0.0881. The molecule has 14 N–H and O–H groups in total. The van der Waals surface area contributed by atoms with Gasteiger partial charge in [0.15, 0.2) is 25.2 Å². The van der Waals surface area contributed by atoms with Gasteiger partial charge >= 0.3 is 0 Å². The summed E-state index contributed by atoms with van der Waals surface area (Å²) in [4.78, 5) is 24.1. The molecule has 20 atom stereocenters. The number of nitrogens with one attached hydrogen (secondary N) is 2. The molecular formula is C28H48N2O21. The smallest absolute Gasteiger partial charge is 0.217 e. The van der Waals surface area contributed by atoms with Crippen molar-refractivity contribution < 1.29 is 104 Å². The van der Waals surface area contributed by atoms with Crippen LogP contribution >= 0.6 is 0 Å². The molecule has 51 heavy (non-hydrogen) atoms. The topological polar surface area (TPSA) is 366 Å². The van der Waals surface area contributed by atoms with Gasteiger partial charge in [-0.15, -0.1) is 0 Å². The molecule has 0 spiro atoms. The highest BCUT2D eigenvalue weighted by molar-refractivity contribution is 5.73. The average Bonchev–Trinajstić information content (AvgIpc) is 3.08. The number of amides is 2. The molecule has 0 aliphatic carbocycles. The molecule has 23 nitrogen and oxygen atoms in total. The van der Waals surface area contributed by atoms with E-state index in [1.165, 1.54) is 0 Å². The van der Waals surface area contributed by atoms with E-state index in [1.54, 1.807) is 0 Å². The number of carbonyl (C=O) groups excluding carboxylic acids is 2. The molecule has 0 aromatic heterocycles. The number of carbonyl (C=O) groups is 2. The van der Waals surface area contributed by atoms with Crippen LogP contribution in [0.25, 0.3) is 0 Å². The highest BCUT2D eigenvalue weighted by Crippen LogP contribution is 2.32. The number of aliphatic hydroxyl groups is 12. The van der Waals surface area contributed by atoms with Gasteiger partial charge in [-0.3, -0.25) is 9.59 Å². The Labute approximate surface area is 289 Å². The standard InChI is InChI=1S/C28H48N2O21/c1-7(34)29-13-18(39)23(50-27-21(42)19(40)15(36)9(3-31)47-27)11(5-33)49-26(13)45-6-12-17(38)24(14(25(44)46-12)30-8(2)35)51-28-22(43)20(41)16(37)10(4-32)48-28/h9-28,31-33,36-44H,3-6H2,1-2H3,(H,29,34)(H,30,35)/t9-,10-,11-,12-,13-,14-,15+,16+,17-,18-,19+,20+,21-,22-,23-,24-,25+,26-,27+,28+/m1/s1. The first kappa shape index (κ1) is 41.9. The van der Waals surface area contributed by atoms with Gasteiger partial charge in [-0.1, -0.05) is 0 Å². The predicted molar refractivity (Wildman–Crippen MR) is 157 cm³/mol. The van der Waals surface area contributed by atoms with Crippen molar-refractivity contribution in [3.63, 3.8) is 0 Å². The molecule has 4 heterocycles. The summed E-state index contributed by atoms with van der Waals surface area (Å²) in [6.45, 7) is -0.987. The Hall–Kier alpha value is -1.82. The summed E-state index contributed by atoms with van der Waals surface area (Å²) in [6.07, 6.45) is -30.8. The lowest BCUT2D eigenvalue weighted by atomic mass is 9.94. The Balaban J connectivity index is 1.51. The first-order chi connectivity index (χ1) is 24.0. The van der Waals surface area contributed by atoms with E-state index >= 15 is 0 Å². The van der Waals surface area contributed by atoms with Gasteiger partial charge in [0.2, 0.25) is 11.8 Å². The first-order valence-corrected chi connectivity index (χ1v) is 16.1. The molecule has 4 aliphatic heterocycles. The highest BCUT2D eigenvalue weighted by atomic mass is 16.7. The molecule has 4 fully saturated rings. The minimum Gasteiger partial charge on any atom is -0.394 e. The van der Waals surface area contributed by atoms with Crippen LogP contribution in [0.4, 0.5) is 0 Å². The highest BCUT2D eigenvalue weighted by Gasteiger charge is 2.54. The zero-order chi connectivity index (χ0) is 37.9. The number of ether oxygens (including phenoxy) is 7. The molecule has 0 unspecified atom stereocenters. The second-order valence-electron chi connectivity index (χ2n) is 12.7. The van der Waals surface area contributed by atoms with Gasteiger partial charge < -0.3 is 105 Å². The van der Waals surface area contributed by atoms with E-state index in [9.17, 15) is 70.9 Å². The Bertz CT molecular complexity index is 1140. The Morgan fingerprint density at radius 2 is 0.961 bits per heavy atom. The number of hydrogen-bond donors (Lipinski definition) is 14. The number of hydrogen-bond acceptors (Lipinski definition) is 21. The third-order valence-corrected chi connectivity index (χ3v) is 8.99. The predicted octanol–water partition coefficient (Wildman–Crippen LogP) is -9.46. The van der Waals surface area contributed by atoms with Crippen LogP contribution in [-0.2, 0) is 42.7 Å². The van der Waals surface area contributed by atoms with Crippen LogP contribution in [0.1, 0.15) is 13.8 Å². The second kappa shape index (κ2) is 18.0. The zero-order valence-electron chi connectivity index (χ0n) is 27.4. The molecule has 0 bridgehead atoms.